The molecule has 0 rings (SSSR count). The van der Waals surface area contributed by atoms with Crippen molar-refractivity contribution >= 4 is 59.3 Å². The second-order valence-corrected chi connectivity index (χ2v) is 40.3. The first-order chi connectivity index (χ1) is 2.73. The molecule has 0 aromatic heterocycles. The molecule has 0 aliphatic carbocycles. The van der Waals surface area contributed by atoms with Crippen LogP contribution >= 0.6 is 59.3 Å². The summed E-state index contributed by atoms with van der Waals surface area (Å²) in [6, 6.07) is 0. The van der Waals surface area contributed by atoms with E-state index < -0.39 is 0 Å². The van der Waals surface area contributed by atoms with Crippen LogP contribution in [0.25, 0.3) is 5.59 Å². The summed E-state index contributed by atoms with van der Waals surface area (Å²) in [6.07, 6.45) is 0. The summed E-state index contributed by atoms with van der Waals surface area (Å²) in [6.45, 7) is 0. The fourth-order valence-corrected chi connectivity index (χ4v) is 0. The molecule has 0 amide bonds. The van der Waals surface area contributed by atoms with Crippen molar-refractivity contribution in [2.24, 2.45) is 0 Å². The van der Waals surface area contributed by atoms with Gasteiger partial charge in [-0.3, -0.25) is 0 Å². The minimum absolute atomic E-state index is 0.260. The van der Waals surface area contributed by atoms with Crippen LogP contribution in [0.3, 0.4) is 0 Å². The summed E-state index contributed by atoms with van der Waals surface area (Å²) < 4.78 is 0. The Bertz CT molecular complexity index is 22.0. The maximum atomic E-state index is 7.25. The van der Waals surface area contributed by atoms with Gasteiger partial charge in [-0.1, -0.05) is 0 Å². The van der Waals surface area contributed by atoms with E-state index in [1.54, 1.807) is 0 Å². The molecule has 0 bridgehead atoms. The number of nitrogens with zero attached hydrogens (tertiary/aromatic N) is 1. The van der Waals surface area contributed by atoms with E-state index >= 15 is 0 Å². The standard InChI is InChI=1S/3HI.NO.Ru/c;;;1-2;/h3*1H;;/q;;;-1;+3/p-3. The van der Waals surface area contributed by atoms with Gasteiger partial charge in [0.25, 0.3) is 0 Å². The zero-order chi connectivity index (χ0) is 5.58. The third-order valence-electron chi connectivity index (χ3n) is 0. The Morgan fingerprint density at radius 2 is 1.17 bits per heavy atom. The largest absolute Gasteiger partial charge is 0.577 e. The molecule has 0 fully saturated rings. The minimum Gasteiger partial charge on any atom is -0.577 e. The molecule has 0 radical (unpaired) electrons. The first-order valence-corrected chi connectivity index (χ1v) is 16.1. The number of hydrogen-bond donors (Lipinski definition) is 0. The summed E-state index contributed by atoms with van der Waals surface area (Å²) in [5.74, 6) is 0. The van der Waals surface area contributed by atoms with E-state index in [4.69, 9.17) is 10.5 Å². The van der Waals surface area contributed by atoms with E-state index in [2.05, 4.69) is 59.3 Å². The van der Waals surface area contributed by atoms with Crippen LogP contribution in [-0.2, 0) is 5.41 Å². The molecular formula is I3NORu-. The molecule has 0 saturated carbocycles. The van der Waals surface area contributed by atoms with E-state index in [1.165, 1.54) is 0 Å². The molecule has 0 heterocycles. The van der Waals surface area contributed by atoms with E-state index in [1.807, 2.05) is 0 Å². The normalized spacial score (nSPS) is 8.17. The average Bonchev–Trinajstić information content (AvgIpc) is 1.41. The van der Waals surface area contributed by atoms with Crippen molar-refractivity contribution in [3.63, 3.8) is 0 Å². The number of rotatable bonds is 0. The first kappa shape index (κ1) is 11.2. The molecule has 0 spiro atoms. The molecule has 41 valence electrons. The zero-order valence-electron chi connectivity index (χ0n) is 2.34. The molecule has 0 aliphatic rings. The predicted octanol–water partition coefficient (Wildman–Crippen LogP) is 2.98. The maximum absolute atomic E-state index is 7.25. The van der Waals surface area contributed by atoms with Crippen molar-refractivity contribution < 1.29 is 5.41 Å². The van der Waals surface area contributed by atoms with Crippen molar-refractivity contribution in [2.45, 2.75) is 0 Å². The molecule has 6 heteroatoms. The monoisotopic (exact) mass is 513 g/mol. The predicted molar refractivity (Wildman–Crippen MR) is 48.8 cm³/mol. The molecule has 2 nitrogen and oxygen atoms in total. The van der Waals surface area contributed by atoms with Crippen LogP contribution in [0.5, 0.6) is 0 Å². The van der Waals surface area contributed by atoms with Gasteiger partial charge in [0.05, 0.1) is 0 Å². The summed E-state index contributed by atoms with van der Waals surface area (Å²) in [7, 11) is 0. The third-order valence-corrected chi connectivity index (χ3v) is 0. The molecule has 6 heavy (non-hydrogen) atoms. The molecule has 0 aromatic rings. The molecule has 0 saturated heterocycles. The van der Waals surface area contributed by atoms with Gasteiger partial charge in [-0.25, -0.2) is 0 Å². The van der Waals surface area contributed by atoms with Gasteiger partial charge in [-0.15, -0.1) is 0 Å². The van der Waals surface area contributed by atoms with Crippen molar-refractivity contribution in [1.29, 1.82) is 0 Å². The van der Waals surface area contributed by atoms with Gasteiger partial charge < -0.3 is 10.5 Å². The van der Waals surface area contributed by atoms with Crippen LogP contribution in [0.4, 0.5) is 0 Å². The van der Waals surface area contributed by atoms with Crippen LogP contribution in [0, 0.1) is 4.91 Å². The molecular weight excluding hydrogens is 512 g/mol. The van der Waals surface area contributed by atoms with E-state index in [0.29, 0.717) is 0 Å². The van der Waals surface area contributed by atoms with Crippen LogP contribution < -0.4 is 0 Å². The number of nitroso groups, excluding NO2 is 1. The smallest absolute Gasteiger partial charge is 0.423 e. The van der Waals surface area contributed by atoms with Crippen LogP contribution in [0.2, 0.25) is 0 Å². The van der Waals surface area contributed by atoms with E-state index in [-0.39, 0.29) is 5.41 Å². The minimum atomic E-state index is -0.260. The third kappa shape index (κ3) is 32.3. The van der Waals surface area contributed by atoms with Gasteiger partial charge in [0, 0.05) is 0 Å². The molecule has 0 aliphatic heterocycles. The number of hydrogen-bond acceptors (Lipinski definition) is 1. The Hall–Kier alpha value is 2.41. The van der Waals surface area contributed by atoms with Crippen LogP contribution in [-0.4, -0.2) is 0 Å². The first-order valence-electron chi connectivity index (χ1n) is 0.583. The van der Waals surface area contributed by atoms with Gasteiger partial charge in [0.2, 0.25) is 0 Å². The second kappa shape index (κ2) is 10.4. The zero-order valence-corrected chi connectivity index (χ0v) is 10.6. The molecule has 0 unspecified atom stereocenters. The van der Waals surface area contributed by atoms with Crippen molar-refractivity contribution in [1.82, 2.24) is 0 Å². The fraction of sp³-hybridized carbons (Fsp3) is 0. The second-order valence-electron chi connectivity index (χ2n) is 0.152. The van der Waals surface area contributed by atoms with Gasteiger partial charge in [-0.05, 0) is 0 Å². The fourth-order valence-electron chi connectivity index (χ4n) is 0. The number of halogens is 3. The topological polar surface area (TPSA) is 39.4 Å². The summed E-state index contributed by atoms with van der Waals surface area (Å²) in [5.41, 5.74) is 5.75. The summed E-state index contributed by atoms with van der Waals surface area (Å²) in [4.78, 5) is 7.25. The van der Waals surface area contributed by atoms with Crippen molar-refractivity contribution in [3.05, 3.63) is 10.5 Å². The van der Waals surface area contributed by atoms with Crippen molar-refractivity contribution in [3.8, 4) is 0 Å². The van der Waals surface area contributed by atoms with Gasteiger partial charge >= 0.3 is 64.7 Å². The van der Waals surface area contributed by atoms with Crippen molar-refractivity contribution in [2.75, 3.05) is 0 Å². The Balaban J connectivity index is 0. The van der Waals surface area contributed by atoms with E-state index in [0.717, 1.165) is 0 Å². The Morgan fingerprint density at radius 3 is 1.17 bits per heavy atom. The molecule has 0 atom stereocenters. The van der Waals surface area contributed by atoms with Crippen LogP contribution in [0.1, 0.15) is 0 Å². The molecule has 0 aromatic carbocycles. The van der Waals surface area contributed by atoms with Crippen LogP contribution in [0.15, 0.2) is 0 Å². The van der Waals surface area contributed by atoms with Gasteiger partial charge in [-0.2, -0.15) is 0 Å². The summed E-state index contributed by atoms with van der Waals surface area (Å²) >= 11 is 7.38. The quantitative estimate of drug-likeness (QED) is 0.364. The maximum Gasteiger partial charge on any atom is -0.423 e. The summed E-state index contributed by atoms with van der Waals surface area (Å²) in [5, 5.41) is -0.260. The van der Waals surface area contributed by atoms with Gasteiger partial charge in [0.1, 0.15) is 0 Å². The molecule has 0 N–H and O–H groups in total. The Kier molecular flexibility index (Phi) is 19.5. The Labute approximate surface area is 73.4 Å². The van der Waals surface area contributed by atoms with E-state index in [9.17, 15) is 0 Å². The van der Waals surface area contributed by atoms with Gasteiger partial charge in [0.15, 0.2) is 0 Å². The average molecular weight is 512 g/mol. The Morgan fingerprint density at radius 1 is 1.17 bits per heavy atom. The SMILES string of the molecule is [I][Ru]([I])[I].[N-]=O.